The Bertz CT molecular complexity index is 450. The highest BCUT2D eigenvalue weighted by Gasteiger charge is 2.15. The monoisotopic (exact) mass is 282 g/mol. The fourth-order valence-corrected chi connectivity index (χ4v) is 1.44. The molecule has 1 aromatic rings. The summed E-state index contributed by atoms with van der Waals surface area (Å²) in [6.45, 7) is 9.76. The molecule has 0 radical (unpaired) electrons. The van der Waals surface area contributed by atoms with Gasteiger partial charge in [0.25, 0.3) is 0 Å². The molecule has 1 amide bonds. The molecule has 0 heterocycles. The lowest BCUT2D eigenvalue weighted by Gasteiger charge is -2.20. The second-order valence-electron chi connectivity index (χ2n) is 5.09. The summed E-state index contributed by atoms with van der Waals surface area (Å²) < 4.78 is 5.08. The summed E-state index contributed by atoms with van der Waals surface area (Å²) in [5.41, 5.74) is 6.50. The van der Waals surface area contributed by atoms with Crippen molar-refractivity contribution in [2.45, 2.75) is 26.4 Å². The molecule has 0 fully saturated rings. The fraction of sp³-hybridized carbons (Fsp3) is 0.357. The van der Waals surface area contributed by atoms with Gasteiger partial charge in [-0.15, -0.1) is 0 Å². The van der Waals surface area contributed by atoms with Crippen molar-refractivity contribution >= 4 is 23.3 Å². The Morgan fingerprint density at radius 1 is 1.32 bits per heavy atom. The van der Waals surface area contributed by atoms with Gasteiger partial charge in [0.15, 0.2) is 0 Å². The number of halogens is 1. The molecular weight excluding hydrogens is 264 g/mol. The maximum Gasteiger partial charge on any atom is 0.422 e. The maximum atomic E-state index is 11.4. The minimum atomic E-state index is -0.517. The summed E-state index contributed by atoms with van der Waals surface area (Å²) in [7, 11) is 0. The van der Waals surface area contributed by atoms with Crippen LogP contribution in [0.5, 0.6) is 0 Å². The first-order valence-electron chi connectivity index (χ1n) is 5.93. The Labute approximate surface area is 118 Å². The van der Waals surface area contributed by atoms with E-state index in [-0.39, 0.29) is 0 Å². The largest absolute Gasteiger partial charge is 0.443 e. The van der Waals surface area contributed by atoms with Gasteiger partial charge < -0.3 is 4.74 Å². The van der Waals surface area contributed by atoms with Crippen LogP contribution in [-0.2, 0) is 4.74 Å². The minimum Gasteiger partial charge on any atom is -0.443 e. The number of ether oxygens (including phenoxy) is 1. The molecule has 19 heavy (non-hydrogen) atoms. The quantitative estimate of drug-likeness (QED) is 0.833. The molecule has 2 N–H and O–H groups in total. The predicted molar refractivity (Wildman–Crippen MR) is 77.9 cm³/mol. The van der Waals surface area contributed by atoms with Crippen LogP contribution in [-0.4, -0.2) is 18.2 Å². The Balaban J connectivity index is 2.35. The number of amides is 1. The Morgan fingerprint density at radius 3 is 2.42 bits per heavy atom. The number of carbonyl (C=O) groups is 1. The lowest BCUT2D eigenvalue weighted by molar-refractivity contribution is 0.0502. The Kier molecular flexibility index (Phi) is 5.39. The van der Waals surface area contributed by atoms with Crippen molar-refractivity contribution in [3.05, 3.63) is 41.4 Å². The van der Waals surface area contributed by atoms with E-state index in [0.717, 1.165) is 11.1 Å². The molecule has 0 unspecified atom stereocenters. The first kappa shape index (κ1) is 15.5. The SMILES string of the molecule is C=C(CNNC(=O)OC(C)(C)C)c1ccc(Cl)cc1. The molecule has 0 aliphatic carbocycles. The van der Waals surface area contributed by atoms with Gasteiger partial charge in [-0.05, 0) is 44.0 Å². The lowest BCUT2D eigenvalue weighted by atomic mass is 10.1. The first-order chi connectivity index (χ1) is 8.78. The summed E-state index contributed by atoms with van der Waals surface area (Å²) >= 11 is 5.80. The zero-order valence-corrected chi connectivity index (χ0v) is 12.2. The molecule has 0 saturated heterocycles. The number of hydrogen-bond donors (Lipinski definition) is 2. The van der Waals surface area contributed by atoms with Crippen LogP contribution in [0.15, 0.2) is 30.8 Å². The van der Waals surface area contributed by atoms with Crippen LogP contribution < -0.4 is 10.9 Å². The van der Waals surface area contributed by atoms with Crippen LogP contribution in [0, 0.1) is 0 Å². The molecule has 1 rings (SSSR count). The zero-order chi connectivity index (χ0) is 14.5. The van der Waals surface area contributed by atoms with Crippen molar-refractivity contribution in [2.24, 2.45) is 0 Å². The second kappa shape index (κ2) is 6.59. The molecule has 0 atom stereocenters. The fourth-order valence-electron chi connectivity index (χ4n) is 1.31. The zero-order valence-electron chi connectivity index (χ0n) is 11.4. The molecule has 104 valence electrons. The van der Waals surface area contributed by atoms with E-state index in [1.165, 1.54) is 0 Å². The van der Waals surface area contributed by atoms with Gasteiger partial charge in [-0.2, -0.15) is 0 Å². The van der Waals surface area contributed by atoms with Crippen molar-refractivity contribution in [3.63, 3.8) is 0 Å². The third-order valence-corrected chi connectivity index (χ3v) is 2.40. The topological polar surface area (TPSA) is 50.4 Å². The summed E-state index contributed by atoms with van der Waals surface area (Å²) in [6.07, 6.45) is -0.517. The van der Waals surface area contributed by atoms with Gasteiger partial charge in [0.2, 0.25) is 0 Å². The molecule has 0 aliphatic rings. The highest BCUT2D eigenvalue weighted by Crippen LogP contribution is 2.15. The lowest BCUT2D eigenvalue weighted by Crippen LogP contribution is -2.41. The molecule has 1 aromatic carbocycles. The van der Waals surface area contributed by atoms with Crippen molar-refractivity contribution < 1.29 is 9.53 Å². The normalized spacial score (nSPS) is 10.9. The van der Waals surface area contributed by atoms with E-state index in [0.29, 0.717) is 11.6 Å². The third-order valence-electron chi connectivity index (χ3n) is 2.14. The first-order valence-corrected chi connectivity index (χ1v) is 6.31. The van der Waals surface area contributed by atoms with Crippen LogP contribution in [0.2, 0.25) is 5.02 Å². The van der Waals surface area contributed by atoms with Crippen molar-refractivity contribution in [2.75, 3.05) is 6.54 Å². The van der Waals surface area contributed by atoms with E-state index < -0.39 is 11.7 Å². The average Bonchev–Trinajstić information content (AvgIpc) is 2.27. The summed E-state index contributed by atoms with van der Waals surface area (Å²) in [4.78, 5) is 11.4. The van der Waals surface area contributed by atoms with Gasteiger partial charge in [-0.3, -0.25) is 5.43 Å². The second-order valence-corrected chi connectivity index (χ2v) is 5.53. The van der Waals surface area contributed by atoms with Crippen molar-refractivity contribution in [3.8, 4) is 0 Å². The van der Waals surface area contributed by atoms with Crippen LogP contribution in [0.25, 0.3) is 5.57 Å². The minimum absolute atomic E-state index is 0.418. The molecule has 0 aromatic heterocycles. The maximum absolute atomic E-state index is 11.4. The Morgan fingerprint density at radius 2 is 1.89 bits per heavy atom. The van der Waals surface area contributed by atoms with E-state index in [4.69, 9.17) is 16.3 Å². The standard InChI is InChI=1S/C14H19ClN2O2/c1-10(11-5-7-12(15)8-6-11)9-16-17-13(18)19-14(2,3)4/h5-8,16H,1,9H2,2-4H3,(H,17,18). The molecule has 4 nitrogen and oxygen atoms in total. The number of carbonyl (C=O) groups excluding carboxylic acids is 1. The van der Waals surface area contributed by atoms with Crippen molar-refractivity contribution in [1.82, 2.24) is 10.9 Å². The molecule has 0 saturated carbocycles. The summed E-state index contributed by atoms with van der Waals surface area (Å²) in [5, 5.41) is 0.677. The molecule has 5 heteroatoms. The van der Waals surface area contributed by atoms with E-state index >= 15 is 0 Å². The van der Waals surface area contributed by atoms with E-state index in [1.54, 1.807) is 32.9 Å². The number of benzene rings is 1. The third kappa shape index (κ3) is 6.27. The van der Waals surface area contributed by atoms with Gasteiger partial charge in [-0.1, -0.05) is 30.3 Å². The number of hydrogen-bond acceptors (Lipinski definition) is 3. The van der Waals surface area contributed by atoms with Gasteiger partial charge in [-0.25, -0.2) is 10.2 Å². The highest BCUT2D eigenvalue weighted by atomic mass is 35.5. The smallest absolute Gasteiger partial charge is 0.422 e. The van der Waals surface area contributed by atoms with Gasteiger partial charge in [0.1, 0.15) is 5.60 Å². The van der Waals surface area contributed by atoms with Gasteiger partial charge in [0, 0.05) is 11.6 Å². The molecule has 0 spiro atoms. The van der Waals surface area contributed by atoms with E-state index in [2.05, 4.69) is 17.4 Å². The van der Waals surface area contributed by atoms with E-state index in [1.807, 2.05) is 12.1 Å². The molecule has 0 bridgehead atoms. The van der Waals surface area contributed by atoms with Crippen LogP contribution in [0.4, 0.5) is 4.79 Å². The van der Waals surface area contributed by atoms with Gasteiger partial charge in [0.05, 0.1) is 0 Å². The van der Waals surface area contributed by atoms with Crippen LogP contribution >= 0.6 is 11.6 Å². The molecule has 0 aliphatic heterocycles. The number of rotatable bonds is 4. The van der Waals surface area contributed by atoms with Crippen molar-refractivity contribution in [1.29, 1.82) is 0 Å². The average molecular weight is 283 g/mol. The number of hydrazine groups is 1. The number of nitrogens with one attached hydrogen (secondary N) is 2. The summed E-state index contributed by atoms with van der Waals surface area (Å²) in [6, 6.07) is 7.34. The predicted octanol–water partition coefficient (Wildman–Crippen LogP) is 3.38. The highest BCUT2D eigenvalue weighted by molar-refractivity contribution is 6.30. The summed E-state index contributed by atoms with van der Waals surface area (Å²) in [5.74, 6) is 0. The molecular formula is C14H19ClN2O2. The van der Waals surface area contributed by atoms with Crippen LogP contribution in [0.1, 0.15) is 26.3 Å². The Hall–Kier alpha value is -1.52. The van der Waals surface area contributed by atoms with Crippen LogP contribution in [0.3, 0.4) is 0 Å². The van der Waals surface area contributed by atoms with E-state index in [9.17, 15) is 4.79 Å². The van der Waals surface area contributed by atoms with Gasteiger partial charge >= 0.3 is 6.09 Å².